The van der Waals surface area contributed by atoms with Gasteiger partial charge in [0.2, 0.25) is 5.91 Å². The van der Waals surface area contributed by atoms with Gasteiger partial charge in [-0.2, -0.15) is 0 Å². The van der Waals surface area contributed by atoms with Crippen LogP contribution in [0.4, 0.5) is 0 Å². The summed E-state index contributed by atoms with van der Waals surface area (Å²) in [4.78, 5) is 16.3. The lowest BCUT2D eigenvalue weighted by Crippen LogP contribution is -2.34. The molecule has 1 amide bonds. The maximum Gasteiger partial charge on any atom is 0.240 e. The molecule has 0 saturated carbocycles. The number of amides is 1. The second-order valence-electron chi connectivity index (χ2n) is 5.67. The number of aromatic nitrogens is 2. The normalized spacial score (nSPS) is 18.7. The van der Waals surface area contributed by atoms with Crippen LogP contribution in [-0.2, 0) is 16.1 Å². The highest BCUT2D eigenvalue weighted by Gasteiger charge is 2.19. The van der Waals surface area contributed by atoms with Crippen LogP contribution in [0.1, 0.15) is 30.3 Å². The van der Waals surface area contributed by atoms with E-state index >= 15 is 0 Å². The molecule has 0 unspecified atom stereocenters. The highest BCUT2D eigenvalue weighted by Crippen LogP contribution is 2.20. The van der Waals surface area contributed by atoms with Gasteiger partial charge in [-0.1, -0.05) is 30.3 Å². The van der Waals surface area contributed by atoms with Crippen LogP contribution in [0.15, 0.2) is 42.7 Å². The van der Waals surface area contributed by atoms with Crippen LogP contribution in [0.2, 0.25) is 0 Å². The number of nitrogens with zero attached hydrogens (tertiary/aromatic N) is 2. The summed E-state index contributed by atoms with van der Waals surface area (Å²) < 4.78 is 7.15. The molecule has 1 saturated heterocycles. The van der Waals surface area contributed by atoms with E-state index in [2.05, 4.69) is 10.3 Å². The summed E-state index contributed by atoms with van der Waals surface area (Å²) in [5.41, 5.74) is 0.750. The van der Waals surface area contributed by atoms with E-state index in [4.69, 9.17) is 4.74 Å². The molecular weight excluding hydrogens is 294 g/mol. The second kappa shape index (κ2) is 7.39. The SMILES string of the molecule is O=C(Cn1ccnc1[C@@H](O)c1ccccc1)NC[C@H]1CCCO1. The highest BCUT2D eigenvalue weighted by atomic mass is 16.5. The lowest BCUT2D eigenvalue weighted by molar-refractivity contribution is -0.122. The number of imidazole rings is 1. The zero-order chi connectivity index (χ0) is 16.1. The van der Waals surface area contributed by atoms with E-state index in [1.165, 1.54) is 0 Å². The first-order chi connectivity index (χ1) is 11.2. The third-order valence-electron chi connectivity index (χ3n) is 3.97. The molecule has 3 rings (SSSR count). The molecule has 1 aromatic heterocycles. The Hall–Kier alpha value is -2.18. The molecule has 2 atom stereocenters. The van der Waals surface area contributed by atoms with Crippen LogP contribution in [0, 0.1) is 0 Å². The first kappa shape index (κ1) is 15.7. The molecule has 6 heteroatoms. The van der Waals surface area contributed by atoms with Gasteiger partial charge in [-0.15, -0.1) is 0 Å². The molecule has 6 nitrogen and oxygen atoms in total. The first-order valence-corrected chi connectivity index (χ1v) is 7.86. The average Bonchev–Trinajstić information content (AvgIpc) is 3.25. The van der Waals surface area contributed by atoms with Crippen LogP contribution in [0.25, 0.3) is 0 Å². The molecule has 0 spiro atoms. The number of ether oxygens (including phenoxy) is 1. The molecule has 0 radical (unpaired) electrons. The Morgan fingerprint density at radius 1 is 1.43 bits per heavy atom. The lowest BCUT2D eigenvalue weighted by atomic mass is 10.1. The molecular formula is C17H21N3O3. The molecule has 0 bridgehead atoms. The summed E-state index contributed by atoms with van der Waals surface area (Å²) in [7, 11) is 0. The van der Waals surface area contributed by atoms with Gasteiger partial charge in [0, 0.05) is 25.5 Å². The number of rotatable bonds is 6. The number of carbonyl (C=O) groups is 1. The van der Waals surface area contributed by atoms with E-state index in [-0.39, 0.29) is 18.6 Å². The predicted molar refractivity (Wildman–Crippen MR) is 84.7 cm³/mol. The summed E-state index contributed by atoms with van der Waals surface area (Å²) in [6, 6.07) is 9.28. The Labute approximate surface area is 135 Å². The summed E-state index contributed by atoms with van der Waals surface area (Å²) >= 11 is 0. The van der Waals surface area contributed by atoms with E-state index in [9.17, 15) is 9.90 Å². The van der Waals surface area contributed by atoms with E-state index < -0.39 is 6.10 Å². The van der Waals surface area contributed by atoms with Crippen LogP contribution in [0.3, 0.4) is 0 Å². The van der Waals surface area contributed by atoms with Gasteiger partial charge in [0.25, 0.3) is 0 Å². The van der Waals surface area contributed by atoms with Crippen molar-refractivity contribution in [1.82, 2.24) is 14.9 Å². The Morgan fingerprint density at radius 2 is 2.26 bits per heavy atom. The van der Waals surface area contributed by atoms with Gasteiger partial charge in [-0.25, -0.2) is 4.98 Å². The van der Waals surface area contributed by atoms with Gasteiger partial charge in [0.15, 0.2) is 0 Å². The second-order valence-corrected chi connectivity index (χ2v) is 5.67. The zero-order valence-electron chi connectivity index (χ0n) is 12.9. The van der Waals surface area contributed by atoms with Crippen LogP contribution < -0.4 is 5.32 Å². The van der Waals surface area contributed by atoms with Crippen molar-refractivity contribution in [3.05, 3.63) is 54.1 Å². The number of aliphatic hydroxyl groups is 1. The van der Waals surface area contributed by atoms with Crippen molar-refractivity contribution in [1.29, 1.82) is 0 Å². The van der Waals surface area contributed by atoms with E-state index in [1.807, 2.05) is 30.3 Å². The summed E-state index contributed by atoms with van der Waals surface area (Å²) in [6.45, 7) is 1.44. The maximum atomic E-state index is 12.1. The standard InChI is InChI=1S/C17H21N3O3/c21-15(19-11-14-7-4-10-23-14)12-20-9-8-18-17(20)16(22)13-5-2-1-3-6-13/h1-3,5-6,8-9,14,16,22H,4,7,10-12H2,(H,19,21)/t14-,16+/m1/s1. The van der Waals surface area contributed by atoms with Crippen LogP contribution in [0.5, 0.6) is 0 Å². The highest BCUT2D eigenvalue weighted by molar-refractivity contribution is 5.75. The minimum atomic E-state index is -0.850. The Bertz CT molecular complexity index is 636. The van der Waals surface area contributed by atoms with Crippen LogP contribution in [-0.4, -0.2) is 39.8 Å². The van der Waals surface area contributed by atoms with Gasteiger partial charge in [-0.3, -0.25) is 4.79 Å². The van der Waals surface area contributed by atoms with Gasteiger partial charge in [-0.05, 0) is 18.4 Å². The average molecular weight is 315 g/mol. The molecule has 1 fully saturated rings. The molecule has 1 aliphatic heterocycles. The van der Waals surface area contributed by atoms with Crippen molar-refractivity contribution in [2.24, 2.45) is 0 Å². The molecule has 1 aliphatic rings. The molecule has 23 heavy (non-hydrogen) atoms. The predicted octanol–water partition coefficient (Wildman–Crippen LogP) is 1.26. The first-order valence-electron chi connectivity index (χ1n) is 7.86. The fourth-order valence-electron chi connectivity index (χ4n) is 2.73. The Balaban J connectivity index is 1.60. The Kier molecular flexibility index (Phi) is 5.05. The van der Waals surface area contributed by atoms with Crippen molar-refractivity contribution in [2.45, 2.75) is 31.6 Å². The zero-order valence-corrected chi connectivity index (χ0v) is 12.9. The van der Waals surface area contributed by atoms with Gasteiger partial charge >= 0.3 is 0 Å². The quantitative estimate of drug-likeness (QED) is 0.841. The Morgan fingerprint density at radius 3 is 3.00 bits per heavy atom. The van der Waals surface area contributed by atoms with Gasteiger partial charge in [0.1, 0.15) is 18.5 Å². The number of benzene rings is 1. The third-order valence-corrected chi connectivity index (χ3v) is 3.97. The van der Waals surface area contributed by atoms with Crippen LogP contribution >= 0.6 is 0 Å². The third kappa shape index (κ3) is 3.97. The van der Waals surface area contributed by atoms with Crippen molar-refractivity contribution < 1.29 is 14.6 Å². The smallest absolute Gasteiger partial charge is 0.240 e. The van der Waals surface area contributed by atoms with Crippen molar-refractivity contribution in [3.8, 4) is 0 Å². The van der Waals surface area contributed by atoms with Crippen molar-refractivity contribution in [2.75, 3.05) is 13.2 Å². The van der Waals surface area contributed by atoms with Gasteiger partial charge < -0.3 is 19.7 Å². The van der Waals surface area contributed by atoms with E-state index in [1.54, 1.807) is 17.0 Å². The fourth-order valence-corrected chi connectivity index (χ4v) is 2.73. The molecule has 1 aromatic carbocycles. The minimum Gasteiger partial charge on any atom is -0.380 e. The largest absolute Gasteiger partial charge is 0.380 e. The summed E-state index contributed by atoms with van der Waals surface area (Å²) in [5.74, 6) is 0.350. The molecule has 2 aromatic rings. The number of hydrogen-bond acceptors (Lipinski definition) is 4. The lowest BCUT2D eigenvalue weighted by Gasteiger charge is -2.15. The number of aliphatic hydroxyl groups excluding tert-OH is 1. The van der Waals surface area contributed by atoms with Crippen molar-refractivity contribution in [3.63, 3.8) is 0 Å². The number of nitrogens with one attached hydrogen (secondary N) is 1. The monoisotopic (exact) mass is 315 g/mol. The van der Waals surface area contributed by atoms with E-state index in [0.717, 1.165) is 25.0 Å². The van der Waals surface area contributed by atoms with Crippen molar-refractivity contribution >= 4 is 5.91 Å². The molecule has 122 valence electrons. The summed E-state index contributed by atoms with van der Waals surface area (Å²) in [5, 5.41) is 13.3. The molecule has 0 aliphatic carbocycles. The molecule has 2 N–H and O–H groups in total. The van der Waals surface area contributed by atoms with E-state index in [0.29, 0.717) is 12.4 Å². The number of hydrogen-bond donors (Lipinski definition) is 2. The fraction of sp³-hybridized carbons (Fsp3) is 0.412. The number of carbonyl (C=O) groups excluding carboxylic acids is 1. The maximum absolute atomic E-state index is 12.1. The van der Waals surface area contributed by atoms with Gasteiger partial charge in [0.05, 0.1) is 6.10 Å². The topological polar surface area (TPSA) is 76.4 Å². The summed E-state index contributed by atoms with van der Waals surface area (Å²) in [6.07, 6.45) is 4.61. The molecule has 2 heterocycles. The minimum absolute atomic E-state index is 0.111.